The fraction of sp³-hybridized carbons (Fsp3) is 0.647. The minimum Gasteiger partial charge on any atom is -0.316 e. The fourth-order valence-corrected chi connectivity index (χ4v) is 3.29. The number of halogens is 1. The molecule has 2 rings (SSSR count). The Balaban J connectivity index is 2.14. The molecule has 2 unspecified atom stereocenters. The van der Waals surface area contributed by atoms with Gasteiger partial charge in [0, 0.05) is 6.04 Å². The Hall–Kier alpha value is -0.930. The highest BCUT2D eigenvalue weighted by atomic mass is 19.1. The first-order valence-electron chi connectivity index (χ1n) is 7.88. The van der Waals surface area contributed by atoms with Crippen LogP contribution < -0.4 is 5.32 Å². The Morgan fingerprint density at radius 1 is 1.25 bits per heavy atom. The van der Waals surface area contributed by atoms with Crippen LogP contribution in [-0.4, -0.2) is 31.6 Å². The fourth-order valence-electron chi connectivity index (χ4n) is 3.29. The third-order valence-electron chi connectivity index (χ3n) is 4.30. The van der Waals surface area contributed by atoms with Crippen molar-refractivity contribution in [2.75, 3.05) is 26.7 Å². The molecule has 2 atom stereocenters. The van der Waals surface area contributed by atoms with E-state index in [2.05, 4.69) is 24.2 Å². The van der Waals surface area contributed by atoms with Gasteiger partial charge in [0.05, 0.1) is 0 Å². The number of benzene rings is 1. The highest BCUT2D eigenvalue weighted by molar-refractivity contribution is 5.21. The average Bonchev–Trinajstić information content (AvgIpc) is 2.62. The monoisotopic (exact) mass is 278 g/mol. The smallest absolute Gasteiger partial charge is 0.123 e. The molecule has 2 nitrogen and oxygen atoms in total. The van der Waals surface area contributed by atoms with Gasteiger partial charge in [0.15, 0.2) is 0 Å². The lowest BCUT2D eigenvalue weighted by Gasteiger charge is -2.33. The Morgan fingerprint density at radius 2 is 2.00 bits per heavy atom. The summed E-state index contributed by atoms with van der Waals surface area (Å²) < 4.78 is 13.2. The third kappa shape index (κ3) is 4.03. The normalized spacial score (nSPS) is 24.6. The predicted octanol–water partition coefficient (Wildman–Crippen LogP) is 3.60. The van der Waals surface area contributed by atoms with Crippen LogP contribution >= 0.6 is 0 Å². The molecule has 1 aliphatic heterocycles. The van der Waals surface area contributed by atoms with Crippen molar-refractivity contribution < 1.29 is 4.39 Å². The molecule has 1 N–H and O–H groups in total. The molecular weight excluding hydrogens is 251 g/mol. The summed E-state index contributed by atoms with van der Waals surface area (Å²) in [7, 11) is 2.20. The third-order valence-corrected chi connectivity index (χ3v) is 4.30. The first kappa shape index (κ1) is 15.5. The molecule has 3 heteroatoms. The van der Waals surface area contributed by atoms with E-state index in [0.29, 0.717) is 12.0 Å². The van der Waals surface area contributed by atoms with Crippen molar-refractivity contribution in [3.63, 3.8) is 0 Å². The summed E-state index contributed by atoms with van der Waals surface area (Å²) in [5.41, 5.74) is 1.25. The second kappa shape index (κ2) is 7.75. The second-order valence-electron chi connectivity index (χ2n) is 5.94. The Morgan fingerprint density at radius 3 is 2.70 bits per heavy atom. The minimum absolute atomic E-state index is 0.148. The molecule has 0 spiro atoms. The van der Waals surface area contributed by atoms with Crippen LogP contribution in [0.4, 0.5) is 4.39 Å². The number of hydrogen-bond acceptors (Lipinski definition) is 2. The molecule has 0 amide bonds. The first-order valence-corrected chi connectivity index (χ1v) is 7.88. The lowest BCUT2D eigenvalue weighted by atomic mass is 9.89. The molecular formula is C17H27FN2. The molecule has 20 heavy (non-hydrogen) atoms. The zero-order chi connectivity index (χ0) is 14.4. The van der Waals surface area contributed by atoms with Crippen molar-refractivity contribution >= 4 is 0 Å². The number of hydrogen-bond donors (Lipinski definition) is 1. The molecule has 0 radical (unpaired) electrons. The minimum atomic E-state index is -0.148. The Kier molecular flexibility index (Phi) is 5.99. The second-order valence-corrected chi connectivity index (χ2v) is 5.94. The highest BCUT2D eigenvalue weighted by Gasteiger charge is 2.28. The predicted molar refractivity (Wildman–Crippen MR) is 82.3 cm³/mol. The van der Waals surface area contributed by atoms with Gasteiger partial charge < -0.3 is 5.32 Å². The summed E-state index contributed by atoms with van der Waals surface area (Å²) in [6, 6.07) is 7.49. The van der Waals surface area contributed by atoms with Gasteiger partial charge in [-0.15, -0.1) is 0 Å². The molecule has 1 aromatic rings. The standard InChI is InChI=1S/C17H27FN2/c1-3-11-19-13-15-6-4-5-12-20(2)17(15)14-7-9-16(18)10-8-14/h7-10,15,17,19H,3-6,11-13H2,1-2H3. The molecule has 1 aliphatic rings. The maximum atomic E-state index is 13.2. The average molecular weight is 278 g/mol. The van der Waals surface area contributed by atoms with Crippen LogP contribution in [0.5, 0.6) is 0 Å². The molecule has 0 saturated carbocycles. The maximum Gasteiger partial charge on any atom is 0.123 e. The zero-order valence-corrected chi connectivity index (χ0v) is 12.7. The molecule has 1 heterocycles. The van der Waals surface area contributed by atoms with Crippen LogP contribution in [0.2, 0.25) is 0 Å². The molecule has 1 fully saturated rings. The van der Waals surface area contributed by atoms with Crippen molar-refractivity contribution in [2.24, 2.45) is 5.92 Å². The van der Waals surface area contributed by atoms with Crippen molar-refractivity contribution in [1.29, 1.82) is 0 Å². The summed E-state index contributed by atoms with van der Waals surface area (Å²) >= 11 is 0. The summed E-state index contributed by atoms with van der Waals surface area (Å²) in [6.45, 7) is 5.46. The van der Waals surface area contributed by atoms with E-state index in [1.807, 2.05) is 12.1 Å². The number of rotatable bonds is 5. The van der Waals surface area contributed by atoms with Crippen LogP contribution in [0, 0.1) is 11.7 Å². The number of nitrogens with one attached hydrogen (secondary N) is 1. The van der Waals surface area contributed by atoms with Crippen LogP contribution in [-0.2, 0) is 0 Å². The summed E-state index contributed by atoms with van der Waals surface area (Å²) in [5, 5.41) is 3.56. The van der Waals surface area contributed by atoms with Crippen LogP contribution in [0.25, 0.3) is 0 Å². The van der Waals surface area contributed by atoms with E-state index in [9.17, 15) is 4.39 Å². The van der Waals surface area contributed by atoms with E-state index in [1.54, 1.807) is 12.1 Å². The van der Waals surface area contributed by atoms with Gasteiger partial charge in [0.1, 0.15) is 5.82 Å². The lowest BCUT2D eigenvalue weighted by molar-refractivity contribution is 0.189. The van der Waals surface area contributed by atoms with E-state index in [0.717, 1.165) is 19.6 Å². The van der Waals surface area contributed by atoms with Crippen LogP contribution in [0.3, 0.4) is 0 Å². The van der Waals surface area contributed by atoms with Gasteiger partial charge in [-0.2, -0.15) is 0 Å². The van der Waals surface area contributed by atoms with E-state index in [4.69, 9.17) is 0 Å². The van der Waals surface area contributed by atoms with E-state index >= 15 is 0 Å². The SMILES string of the molecule is CCCNCC1CCCCN(C)C1c1ccc(F)cc1. The van der Waals surface area contributed by atoms with Gasteiger partial charge >= 0.3 is 0 Å². The maximum absolute atomic E-state index is 13.2. The van der Waals surface area contributed by atoms with Gasteiger partial charge in [-0.25, -0.2) is 4.39 Å². The zero-order valence-electron chi connectivity index (χ0n) is 12.7. The quantitative estimate of drug-likeness (QED) is 0.828. The summed E-state index contributed by atoms with van der Waals surface area (Å²) in [5.74, 6) is 0.463. The summed E-state index contributed by atoms with van der Waals surface area (Å²) in [4.78, 5) is 2.44. The first-order chi connectivity index (χ1) is 9.72. The van der Waals surface area contributed by atoms with Gasteiger partial charge in [-0.3, -0.25) is 4.90 Å². The van der Waals surface area contributed by atoms with E-state index in [-0.39, 0.29) is 5.82 Å². The van der Waals surface area contributed by atoms with Crippen molar-refractivity contribution in [2.45, 2.75) is 38.6 Å². The molecule has 0 aromatic heterocycles. The number of likely N-dealkylation sites (tertiary alicyclic amines) is 1. The lowest BCUT2D eigenvalue weighted by Crippen LogP contribution is -2.35. The molecule has 112 valence electrons. The molecule has 0 bridgehead atoms. The largest absolute Gasteiger partial charge is 0.316 e. The molecule has 1 aromatic carbocycles. The number of nitrogens with zero attached hydrogens (tertiary/aromatic N) is 1. The Bertz CT molecular complexity index is 390. The van der Waals surface area contributed by atoms with Crippen LogP contribution in [0.1, 0.15) is 44.2 Å². The van der Waals surface area contributed by atoms with Crippen molar-refractivity contribution in [3.8, 4) is 0 Å². The van der Waals surface area contributed by atoms with Gasteiger partial charge in [-0.05, 0) is 69.6 Å². The van der Waals surface area contributed by atoms with Crippen LogP contribution in [0.15, 0.2) is 24.3 Å². The van der Waals surface area contributed by atoms with Crippen molar-refractivity contribution in [3.05, 3.63) is 35.6 Å². The Labute approximate surface area is 122 Å². The summed E-state index contributed by atoms with van der Waals surface area (Å²) in [6.07, 6.45) is 4.98. The van der Waals surface area contributed by atoms with E-state index in [1.165, 1.54) is 31.2 Å². The van der Waals surface area contributed by atoms with Gasteiger partial charge in [0.2, 0.25) is 0 Å². The van der Waals surface area contributed by atoms with Gasteiger partial charge in [0.25, 0.3) is 0 Å². The molecule has 1 saturated heterocycles. The van der Waals surface area contributed by atoms with Gasteiger partial charge in [-0.1, -0.05) is 25.5 Å². The highest BCUT2D eigenvalue weighted by Crippen LogP contribution is 2.33. The topological polar surface area (TPSA) is 15.3 Å². The van der Waals surface area contributed by atoms with Crippen molar-refractivity contribution in [1.82, 2.24) is 10.2 Å². The van der Waals surface area contributed by atoms with E-state index < -0.39 is 0 Å². The molecule has 0 aliphatic carbocycles.